The van der Waals surface area contributed by atoms with E-state index in [0.717, 1.165) is 25.7 Å². The van der Waals surface area contributed by atoms with E-state index < -0.39 is 49.1 Å². The van der Waals surface area contributed by atoms with E-state index in [9.17, 15) is 24.9 Å². The zero-order valence-electron chi connectivity index (χ0n) is 15.0. The van der Waals surface area contributed by atoms with Gasteiger partial charge in [0.25, 0.3) is 0 Å². The second kappa shape index (κ2) is 10.3. The number of rotatable bonds is 8. The van der Waals surface area contributed by atoms with Gasteiger partial charge >= 0.3 is 5.97 Å². The zero-order chi connectivity index (χ0) is 20.0. The average Bonchev–Trinajstić information content (AvgIpc) is 2.65. The predicted molar refractivity (Wildman–Crippen MR) is 91.6 cm³/mol. The van der Waals surface area contributed by atoms with Crippen LogP contribution in [0.5, 0.6) is 0 Å². The first-order chi connectivity index (χ1) is 12.8. The van der Waals surface area contributed by atoms with Crippen LogP contribution in [-0.4, -0.2) is 99.8 Å². The zero-order valence-corrected chi connectivity index (χ0v) is 15.0. The molecule has 1 aliphatic heterocycles. The summed E-state index contributed by atoms with van der Waals surface area (Å²) >= 11 is 0. The Kier molecular flexibility index (Phi) is 8.35. The second-order valence-corrected chi connectivity index (χ2v) is 6.98. The van der Waals surface area contributed by atoms with E-state index >= 15 is 0 Å². The molecule has 0 aromatic rings. The molecule has 1 heterocycles. The number of nitrogens with one attached hydrogen (secondary N) is 3. The Labute approximate surface area is 156 Å². The normalized spacial score (nSPS) is 37.0. The summed E-state index contributed by atoms with van der Waals surface area (Å²) in [4.78, 5) is 22.9. The molecule has 0 radical (unpaired) electrons. The van der Waals surface area contributed by atoms with Crippen molar-refractivity contribution in [2.45, 2.75) is 68.4 Å². The first-order valence-electron chi connectivity index (χ1n) is 9.12. The van der Waals surface area contributed by atoms with E-state index in [-0.39, 0.29) is 25.2 Å². The molecule has 11 heteroatoms. The number of aliphatic hydroxyl groups is 4. The number of amides is 1. The van der Waals surface area contributed by atoms with Crippen molar-refractivity contribution in [1.82, 2.24) is 16.0 Å². The van der Waals surface area contributed by atoms with Gasteiger partial charge in [0.15, 0.2) is 6.29 Å². The fraction of sp³-hybridized carbons (Fsp3) is 0.875. The molecule has 1 saturated heterocycles. The van der Waals surface area contributed by atoms with E-state index in [1.807, 2.05) is 0 Å². The van der Waals surface area contributed by atoms with E-state index in [1.54, 1.807) is 0 Å². The van der Waals surface area contributed by atoms with Gasteiger partial charge in [0, 0.05) is 12.1 Å². The lowest BCUT2D eigenvalue weighted by Crippen LogP contribution is -2.65. The van der Waals surface area contributed by atoms with Crippen molar-refractivity contribution in [3.8, 4) is 0 Å². The monoisotopic (exact) mass is 391 g/mol. The summed E-state index contributed by atoms with van der Waals surface area (Å²) < 4.78 is 4.99. The minimum atomic E-state index is -1.57. The standard InChI is InChI=1S/C16H29N3O8/c20-7-10-14(24)15(25)13(16(26)27-10)19-11(21)5-17-8-3-1-2-4-9(8)18-6-12(22)23/h8-10,13-18,20,24-26H,1-7H2,(H,19,21)(H,22,23)/t8-,9-,10-,13-,14-,15-,16-/m1/s1. The fourth-order valence-corrected chi connectivity index (χ4v) is 3.55. The maximum Gasteiger partial charge on any atom is 0.317 e. The van der Waals surface area contributed by atoms with Gasteiger partial charge in [-0.25, -0.2) is 0 Å². The lowest BCUT2D eigenvalue weighted by molar-refractivity contribution is -0.253. The predicted octanol–water partition coefficient (Wildman–Crippen LogP) is -3.52. The highest BCUT2D eigenvalue weighted by Crippen LogP contribution is 2.20. The first kappa shape index (κ1) is 22.0. The molecule has 2 fully saturated rings. The number of carboxylic acid groups (broad SMARTS) is 1. The minimum Gasteiger partial charge on any atom is -0.480 e. The Hall–Kier alpha value is -1.34. The largest absolute Gasteiger partial charge is 0.480 e. The summed E-state index contributed by atoms with van der Waals surface area (Å²) in [5.41, 5.74) is 0. The fourth-order valence-electron chi connectivity index (χ4n) is 3.55. The lowest BCUT2D eigenvalue weighted by atomic mass is 9.90. The SMILES string of the molecule is O=C(O)CN[C@@H]1CCCC[C@H]1NCC(=O)N[C@@H]1[C@@H](O)[C@H](O)[C@@H](CO)O[C@H]1O. The molecular formula is C16H29N3O8. The van der Waals surface area contributed by atoms with Crippen molar-refractivity contribution in [3.63, 3.8) is 0 Å². The highest BCUT2D eigenvalue weighted by molar-refractivity contribution is 5.78. The van der Waals surface area contributed by atoms with Crippen LogP contribution in [0, 0.1) is 0 Å². The maximum absolute atomic E-state index is 12.2. The van der Waals surface area contributed by atoms with Gasteiger partial charge in [-0.05, 0) is 12.8 Å². The van der Waals surface area contributed by atoms with Crippen LogP contribution in [0.3, 0.4) is 0 Å². The third-order valence-corrected chi connectivity index (χ3v) is 5.03. The molecule has 27 heavy (non-hydrogen) atoms. The third kappa shape index (κ3) is 6.07. The Morgan fingerprint density at radius 2 is 1.56 bits per heavy atom. The molecule has 8 N–H and O–H groups in total. The second-order valence-electron chi connectivity index (χ2n) is 6.98. The highest BCUT2D eigenvalue weighted by Gasteiger charge is 2.44. The van der Waals surface area contributed by atoms with Gasteiger partial charge in [-0.3, -0.25) is 9.59 Å². The number of carboxylic acids is 1. The van der Waals surface area contributed by atoms with E-state index in [2.05, 4.69) is 16.0 Å². The summed E-state index contributed by atoms with van der Waals surface area (Å²) in [5.74, 6) is -1.46. The van der Waals surface area contributed by atoms with Crippen LogP contribution in [0.2, 0.25) is 0 Å². The van der Waals surface area contributed by atoms with Crippen molar-refractivity contribution in [2.24, 2.45) is 0 Å². The molecule has 156 valence electrons. The summed E-state index contributed by atoms with van der Waals surface area (Å²) in [6, 6.07) is -1.38. The van der Waals surface area contributed by atoms with Crippen LogP contribution in [0.1, 0.15) is 25.7 Å². The molecule has 2 rings (SSSR count). The van der Waals surface area contributed by atoms with Crippen LogP contribution in [0.25, 0.3) is 0 Å². The number of aliphatic hydroxyl groups excluding tert-OH is 4. The number of ether oxygens (including phenoxy) is 1. The van der Waals surface area contributed by atoms with Gasteiger partial charge in [-0.15, -0.1) is 0 Å². The van der Waals surface area contributed by atoms with Gasteiger partial charge < -0.3 is 46.2 Å². The topological polar surface area (TPSA) is 181 Å². The summed E-state index contributed by atoms with van der Waals surface area (Å²) in [5, 5.41) is 56.1. The van der Waals surface area contributed by atoms with Crippen LogP contribution in [0.15, 0.2) is 0 Å². The van der Waals surface area contributed by atoms with E-state index in [4.69, 9.17) is 14.9 Å². The molecule has 0 unspecified atom stereocenters. The van der Waals surface area contributed by atoms with Crippen molar-refractivity contribution in [3.05, 3.63) is 0 Å². The Balaban J connectivity index is 1.83. The smallest absolute Gasteiger partial charge is 0.317 e. The summed E-state index contributed by atoms with van der Waals surface area (Å²) in [6.07, 6.45) is -2.10. The van der Waals surface area contributed by atoms with E-state index in [0.29, 0.717) is 0 Å². The van der Waals surface area contributed by atoms with Gasteiger partial charge in [-0.1, -0.05) is 12.8 Å². The van der Waals surface area contributed by atoms with Gasteiger partial charge in [0.05, 0.1) is 19.7 Å². The molecule has 1 saturated carbocycles. The number of aliphatic carboxylic acids is 1. The maximum atomic E-state index is 12.2. The number of hydrogen-bond donors (Lipinski definition) is 8. The van der Waals surface area contributed by atoms with Crippen molar-refractivity contribution >= 4 is 11.9 Å². The number of carbonyl (C=O) groups is 2. The Bertz CT molecular complexity index is 508. The van der Waals surface area contributed by atoms with Crippen LogP contribution in [-0.2, 0) is 14.3 Å². The van der Waals surface area contributed by atoms with Crippen LogP contribution >= 0.6 is 0 Å². The quantitative estimate of drug-likeness (QED) is 0.207. The van der Waals surface area contributed by atoms with Crippen molar-refractivity contribution in [2.75, 3.05) is 19.7 Å². The van der Waals surface area contributed by atoms with Crippen molar-refractivity contribution < 1.29 is 39.9 Å². The molecule has 2 aliphatic rings. The molecule has 1 aliphatic carbocycles. The Morgan fingerprint density at radius 3 is 2.11 bits per heavy atom. The number of carbonyl (C=O) groups excluding carboxylic acids is 1. The van der Waals surface area contributed by atoms with Gasteiger partial charge in [0.1, 0.15) is 24.4 Å². The summed E-state index contributed by atoms with van der Waals surface area (Å²) in [7, 11) is 0. The van der Waals surface area contributed by atoms with Crippen LogP contribution in [0.4, 0.5) is 0 Å². The van der Waals surface area contributed by atoms with E-state index in [1.165, 1.54) is 0 Å². The highest BCUT2D eigenvalue weighted by atomic mass is 16.6. The lowest BCUT2D eigenvalue weighted by Gasteiger charge is -2.40. The van der Waals surface area contributed by atoms with Gasteiger partial charge in [0.2, 0.25) is 5.91 Å². The molecule has 0 bridgehead atoms. The molecule has 11 nitrogen and oxygen atoms in total. The molecule has 7 atom stereocenters. The average molecular weight is 391 g/mol. The van der Waals surface area contributed by atoms with Gasteiger partial charge in [-0.2, -0.15) is 0 Å². The van der Waals surface area contributed by atoms with Crippen LogP contribution < -0.4 is 16.0 Å². The molecule has 0 aromatic carbocycles. The number of hydrogen-bond acceptors (Lipinski definition) is 9. The molecule has 0 spiro atoms. The molecule has 0 aromatic heterocycles. The van der Waals surface area contributed by atoms with Crippen molar-refractivity contribution in [1.29, 1.82) is 0 Å². The third-order valence-electron chi connectivity index (χ3n) is 5.03. The molecular weight excluding hydrogens is 362 g/mol. The first-order valence-corrected chi connectivity index (χ1v) is 9.12. The Morgan fingerprint density at radius 1 is 0.963 bits per heavy atom. The minimum absolute atomic E-state index is 0.0658. The summed E-state index contributed by atoms with van der Waals surface area (Å²) in [6.45, 7) is -0.841. The molecule has 1 amide bonds.